The van der Waals surface area contributed by atoms with Gasteiger partial charge >= 0.3 is 0 Å². The Hall–Kier alpha value is -3.17. The van der Waals surface area contributed by atoms with Gasteiger partial charge in [-0.3, -0.25) is 5.10 Å². The summed E-state index contributed by atoms with van der Waals surface area (Å²) in [5, 5.41) is 20.5. The van der Waals surface area contributed by atoms with E-state index >= 15 is 0 Å². The number of ether oxygens (including phenoxy) is 1. The predicted molar refractivity (Wildman–Crippen MR) is 127 cm³/mol. The van der Waals surface area contributed by atoms with Crippen molar-refractivity contribution in [1.29, 1.82) is 0 Å². The molecule has 0 unspecified atom stereocenters. The third kappa shape index (κ3) is 3.78. The number of nitrogens with zero attached hydrogens (tertiary/aromatic N) is 5. The van der Waals surface area contributed by atoms with Gasteiger partial charge in [0, 0.05) is 43.4 Å². The average molecular weight is 435 g/mol. The second-order valence-corrected chi connectivity index (χ2v) is 8.89. The number of aryl methyl sites for hydroxylation is 2. The highest BCUT2D eigenvalue weighted by Gasteiger charge is 2.23. The van der Waals surface area contributed by atoms with Gasteiger partial charge in [0.1, 0.15) is 0 Å². The first-order valence-electron chi connectivity index (χ1n) is 11.0. The Balaban J connectivity index is 1.53. The number of methoxy groups -OCH3 is 1. The fourth-order valence-corrected chi connectivity index (χ4v) is 4.73. The van der Waals surface area contributed by atoms with Gasteiger partial charge in [0.05, 0.1) is 24.0 Å². The van der Waals surface area contributed by atoms with Gasteiger partial charge in [-0.05, 0) is 57.0 Å². The monoisotopic (exact) mass is 434 g/mol. The van der Waals surface area contributed by atoms with Crippen LogP contribution in [0.25, 0.3) is 16.6 Å². The van der Waals surface area contributed by atoms with E-state index in [4.69, 9.17) is 4.74 Å². The van der Waals surface area contributed by atoms with Gasteiger partial charge in [-0.1, -0.05) is 0 Å². The highest BCUT2D eigenvalue weighted by Crippen LogP contribution is 2.32. The number of nitrogens with one attached hydrogen (secondary N) is 3. The van der Waals surface area contributed by atoms with E-state index < -0.39 is 0 Å². The Morgan fingerprint density at radius 2 is 1.94 bits per heavy atom. The Labute approximate surface area is 187 Å². The Kier molecular flexibility index (Phi) is 5.22. The van der Waals surface area contributed by atoms with E-state index in [1.807, 2.05) is 30.6 Å². The molecular weight excluding hydrogens is 404 g/mol. The highest BCUT2D eigenvalue weighted by atomic mass is 16.5. The minimum atomic E-state index is 0.440. The zero-order valence-electron chi connectivity index (χ0n) is 19.2. The number of rotatable bonds is 5. The number of anilines is 3. The lowest BCUT2D eigenvalue weighted by Crippen LogP contribution is -2.54. The largest absolute Gasteiger partial charge is 0.380 e. The van der Waals surface area contributed by atoms with Crippen molar-refractivity contribution in [2.45, 2.75) is 46.4 Å². The van der Waals surface area contributed by atoms with Crippen molar-refractivity contribution in [3.8, 4) is 0 Å². The molecule has 32 heavy (non-hydrogen) atoms. The van der Waals surface area contributed by atoms with Gasteiger partial charge < -0.3 is 20.3 Å². The fourth-order valence-electron chi connectivity index (χ4n) is 4.73. The van der Waals surface area contributed by atoms with Crippen LogP contribution in [-0.2, 0) is 11.3 Å². The van der Waals surface area contributed by atoms with Gasteiger partial charge in [0.25, 0.3) is 0 Å². The van der Waals surface area contributed by atoms with E-state index in [2.05, 4.69) is 61.8 Å². The van der Waals surface area contributed by atoms with E-state index in [-0.39, 0.29) is 0 Å². The lowest BCUT2D eigenvalue weighted by molar-refractivity contribution is 0.186. The van der Waals surface area contributed by atoms with Crippen LogP contribution >= 0.6 is 0 Å². The van der Waals surface area contributed by atoms with Crippen LogP contribution in [0.4, 0.5) is 17.3 Å². The lowest BCUT2D eigenvalue weighted by atomic mass is 10.1. The fraction of sp³-hybridized carbons (Fsp3) is 0.435. The molecule has 5 rings (SSSR count). The van der Waals surface area contributed by atoms with Gasteiger partial charge in [-0.15, -0.1) is 5.10 Å². The molecule has 0 bridgehead atoms. The van der Waals surface area contributed by atoms with Gasteiger partial charge in [0.2, 0.25) is 0 Å². The molecule has 0 spiro atoms. The molecule has 3 N–H and O–H groups in total. The van der Waals surface area contributed by atoms with E-state index in [1.54, 1.807) is 7.11 Å². The first-order valence-corrected chi connectivity index (χ1v) is 11.0. The summed E-state index contributed by atoms with van der Waals surface area (Å²) in [5.41, 5.74) is 6.11. The van der Waals surface area contributed by atoms with Crippen molar-refractivity contribution >= 4 is 33.9 Å². The maximum atomic E-state index is 5.55. The summed E-state index contributed by atoms with van der Waals surface area (Å²) in [7, 11) is 1.72. The van der Waals surface area contributed by atoms with E-state index in [0.29, 0.717) is 18.7 Å². The molecule has 0 radical (unpaired) electrons. The molecule has 0 saturated carbocycles. The van der Waals surface area contributed by atoms with E-state index in [1.165, 1.54) is 5.69 Å². The molecule has 0 aliphatic carbocycles. The summed E-state index contributed by atoms with van der Waals surface area (Å²) >= 11 is 0. The molecular formula is C23H30N8O. The van der Waals surface area contributed by atoms with E-state index in [9.17, 15) is 0 Å². The van der Waals surface area contributed by atoms with Crippen molar-refractivity contribution in [3.05, 3.63) is 41.2 Å². The number of hydrogen-bond donors (Lipinski definition) is 3. The average Bonchev–Trinajstić information content (AvgIpc) is 3.31. The molecule has 168 valence electrons. The number of aromatic nitrogens is 5. The number of piperazine rings is 1. The summed E-state index contributed by atoms with van der Waals surface area (Å²) in [5.74, 6) is 1.46. The van der Waals surface area contributed by atoms with Crippen molar-refractivity contribution in [3.63, 3.8) is 0 Å². The quantitative estimate of drug-likeness (QED) is 0.444. The van der Waals surface area contributed by atoms with Crippen molar-refractivity contribution < 1.29 is 4.74 Å². The number of imidazole rings is 1. The molecule has 4 heterocycles. The third-order valence-corrected chi connectivity index (χ3v) is 5.93. The van der Waals surface area contributed by atoms with Crippen LogP contribution in [0.15, 0.2) is 24.4 Å². The number of H-pyrrole nitrogens is 1. The number of benzene rings is 1. The third-order valence-electron chi connectivity index (χ3n) is 5.93. The minimum absolute atomic E-state index is 0.440. The molecule has 9 nitrogen and oxygen atoms in total. The smallest absolute Gasteiger partial charge is 0.161 e. The topological polar surface area (TPSA) is 95.4 Å². The first kappa shape index (κ1) is 20.7. The summed E-state index contributed by atoms with van der Waals surface area (Å²) in [6.45, 7) is 10.9. The second kappa shape index (κ2) is 8.07. The zero-order valence-corrected chi connectivity index (χ0v) is 19.2. The molecule has 0 amide bonds. The molecule has 1 aromatic carbocycles. The summed E-state index contributed by atoms with van der Waals surface area (Å²) in [6, 6.07) is 7.28. The predicted octanol–water partition coefficient (Wildman–Crippen LogP) is 3.30. The van der Waals surface area contributed by atoms with Crippen LogP contribution in [0.1, 0.15) is 30.7 Å². The van der Waals surface area contributed by atoms with Crippen LogP contribution in [0.3, 0.4) is 0 Å². The zero-order chi connectivity index (χ0) is 22.4. The first-order chi connectivity index (χ1) is 15.4. The van der Waals surface area contributed by atoms with Crippen LogP contribution in [0, 0.1) is 13.8 Å². The number of aromatic amines is 1. The summed E-state index contributed by atoms with van der Waals surface area (Å²) in [4.78, 5) is 6.96. The van der Waals surface area contributed by atoms with Crippen LogP contribution in [0.2, 0.25) is 0 Å². The van der Waals surface area contributed by atoms with Gasteiger partial charge in [-0.2, -0.15) is 5.10 Å². The molecule has 1 aliphatic rings. The molecule has 9 heteroatoms. The summed E-state index contributed by atoms with van der Waals surface area (Å²) < 4.78 is 7.35. The second-order valence-electron chi connectivity index (χ2n) is 8.89. The normalized spacial score (nSPS) is 19.2. The van der Waals surface area contributed by atoms with Crippen molar-refractivity contribution in [2.75, 3.05) is 30.4 Å². The number of hydrogen-bond acceptors (Lipinski definition) is 7. The molecule has 4 aromatic rings. The Bertz CT molecular complexity index is 1270. The van der Waals surface area contributed by atoms with Crippen LogP contribution in [0.5, 0.6) is 0 Å². The minimum Gasteiger partial charge on any atom is -0.380 e. The van der Waals surface area contributed by atoms with Crippen molar-refractivity contribution in [1.82, 2.24) is 30.1 Å². The van der Waals surface area contributed by atoms with Crippen LogP contribution < -0.4 is 15.5 Å². The van der Waals surface area contributed by atoms with Crippen LogP contribution in [-0.4, -0.2) is 57.1 Å². The molecule has 2 atom stereocenters. The summed E-state index contributed by atoms with van der Waals surface area (Å²) in [6.07, 6.45) is 1.92. The highest BCUT2D eigenvalue weighted by molar-refractivity contribution is 5.96. The maximum absolute atomic E-state index is 5.55. The van der Waals surface area contributed by atoms with E-state index in [0.717, 1.165) is 58.1 Å². The van der Waals surface area contributed by atoms with Gasteiger partial charge in [0.15, 0.2) is 17.3 Å². The lowest BCUT2D eigenvalue weighted by Gasteiger charge is -2.38. The SMILES string of the molecule is COCc1cc(N2C[C@H](C)N[C@@H](C)C2)cc2[nH]nc(Nc3cc(C)c4nc(C)cn4n3)c12. The molecule has 1 aliphatic heterocycles. The molecule has 3 aromatic heterocycles. The Morgan fingerprint density at radius 3 is 2.69 bits per heavy atom. The molecule has 1 saturated heterocycles. The Morgan fingerprint density at radius 1 is 1.16 bits per heavy atom. The van der Waals surface area contributed by atoms with Crippen molar-refractivity contribution in [2.24, 2.45) is 0 Å². The number of fused-ring (bicyclic) bond motifs is 2. The van der Waals surface area contributed by atoms with Gasteiger partial charge in [-0.25, -0.2) is 9.50 Å². The molecule has 1 fully saturated rings. The standard InChI is InChI=1S/C23H30N8O/c1-13-6-20(29-31-11-16(4)25-23(13)31)26-22-21-17(12-32-5)7-18(8-19(21)27-28-22)30-9-14(2)24-15(3)10-30/h6-8,11,14-15,24H,9-10,12H2,1-5H3,(H2,26,27,28,29)/t14-,15-/m0/s1. The maximum Gasteiger partial charge on any atom is 0.161 e.